The van der Waals surface area contributed by atoms with Gasteiger partial charge in [-0.15, -0.1) is 0 Å². The maximum atomic E-state index is 12.0. The SMILES string of the molecule is O=C1CCCC(=O)C1c1ccc([N+](=O)[O-])c2nsnc12.[Na]. The summed E-state index contributed by atoms with van der Waals surface area (Å²) >= 11 is 0.838. The number of ketones is 2. The third kappa shape index (κ3) is 2.76. The summed E-state index contributed by atoms with van der Waals surface area (Å²) in [5.41, 5.74) is 0.712. The summed E-state index contributed by atoms with van der Waals surface area (Å²) < 4.78 is 7.94. The first-order chi connectivity index (χ1) is 9.59. The fraction of sp³-hybridized carbons (Fsp3) is 0.333. The van der Waals surface area contributed by atoms with Crippen molar-refractivity contribution in [2.45, 2.75) is 25.2 Å². The topological polar surface area (TPSA) is 103 Å². The Morgan fingerprint density at radius 3 is 2.38 bits per heavy atom. The number of carbonyl (C=O) groups excluding carboxylic acids is 2. The number of Topliss-reactive ketones (excluding diaryl/α,β-unsaturated/α-hetero) is 2. The maximum Gasteiger partial charge on any atom is 0.298 e. The first kappa shape index (κ1) is 16.2. The molecule has 1 fully saturated rings. The van der Waals surface area contributed by atoms with Crippen molar-refractivity contribution in [2.75, 3.05) is 0 Å². The predicted octanol–water partition coefficient (Wildman–Crippen LogP) is 1.62. The van der Waals surface area contributed by atoms with Crippen LogP contribution in [-0.2, 0) is 9.59 Å². The number of rotatable bonds is 2. The molecule has 1 saturated carbocycles. The zero-order valence-electron chi connectivity index (χ0n) is 11.2. The minimum atomic E-state index is -0.851. The van der Waals surface area contributed by atoms with E-state index >= 15 is 0 Å². The van der Waals surface area contributed by atoms with E-state index in [0.717, 1.165) is 11.7 Å². The van der Waals surface area contributed by atoms with Crippen molar-refractivity contribution >= 4 is 69.6 Å². The minimum absolute atomic E-state index is 0. The van der Waals surface area contributed by atoms with Crippen LogP contribution in [0.25, 0.3) is 11.0 Å². The number of nitro benzene ring substituents is 1. The van der Waals surface area contributed by atoms with E-state index in [4.69, 9.17) is 0 Å². The molecule has 21 heavy (non-hydrogen) atoms. The average molecular weight is 314 g/mol. The quantitative estimate of drug-likeness (QED) is 0.361. The Kier molecular flexibility index (Phi) is 4.82. The summed E-state index contributed by atoms with van der Waals surface area (Å²) in [5, 5.41) is 10.9. The molecule has 0 spiro atoms. The van der Waals surface area contributed by atoms with E-state index < -0.39 is 10.8 Å². The van der Waals surface area contributed by atoms with Crippen LogP contribution in [0.4, 0.5) is 5.69 Å². The smallest absolute Gasteiger partial charge is 0.298 e. The fourth-order valence-corrected chi connectivity index (χ4v) is 3.08. The van der Waals surface area contributed by atoms with Gasteiger partial charge in [0.1, 0.15) is 23.0 Å². The molecular weight excluding hydrogens is 305 g/mol. The van der Waals surface area contributed by atoms with E-state index in [0.29, 0.717) is 24.8 Å². The van der Waals surface area contributed by atoms with Gasteiger partial charge in [-0.3, -0.25) is 19.7 Å². The Morgan fingerprint density at radius 2 is 1.76 bits per heavy atom. The molecule has 0 aliphatic heterocycles. The minimum Gasteiger partial charge on any atom is -0.299 e. The molecule has 0 amide bonds. The monoisotopic (exact) mass is 314 g/mol. The van der Waals surface area contributed by atoms with Gasteiger partial charge in [0.05, 0.1) is 16.7 Å². The predicted molar refractivity (Wildman–Crippen MR) is 76.4 cm³/mol. The summed E-state index contributed by atoms with van der Waals surface area (Å²) in [5.74, 6) is -1.15. The molecule has 2 aromatic rings. The van der Waals surface area contributed by atoms with Crippen molar-refractivity contribution in [1.82, 2.24) is 8.75 Å². The van der Waals surface area contributed by atoms with Gasteiger partial charge in [-0.1, -0.05) is 0 Å². The van der Waals surface area contributed by atoms with Gasteiger partial charge in [0.15, 0.2) is 5.52 Å². The van der Waals surface area contributed by atoms with Crippen molar-refractivity contribution in [3.63, 3.8) is 0 Å². The van der Waals surface area contributed by atoms with Crippen LogP contribution in [0.5, 0.6) is 0 Å². The van der Waals surface area contributed by atoms with Crippen molar-refractivity contribution < 1.29 is 14.5 Å². The van der Waals surface area contributed by atoms with Crippen LogP contribution >= 0.6 is 11.7 Å². The zero-order chi connectivity index (χ0) is 14.3. The van der Waals surface area contributed by atoms with Crippen molar-refractivity contribution in [3.05, 3.63) is 27.8 Å². The Balaban J connectivity index is 0.00000161. The number of aromatic nitrogens is 2. The Morgan fingerprint density at radius 1 is 1.14 bits per heavy atom. The molecule has 1 aromatic carbocycles. The van der Waals surface area contributed by atoms with Gasteiger partial charge in [0.25, 0.3) is 5.69 Å². The van der Waals surface area contributed by atoms with E-state index in [9.17, 15) is 19.7 Å². The molecule has 1 radical (unpaired) electrons. The number of nitro groups is 1. The molecule has 0 N–H and O–H groups in total. The molecule has 1 heterocycles. The second kappa shape index (κ2) is 6.27. The van der Waals surface area contributed by atoms with Crippen LogP contribution in [-0.4, -0.2) is 54.8 Å². The summed E-state index contributed by atoms with van der Waals surface area (Å²) in [6, 6.07) is 2.74. The summed E-state index contributed by atoms with van der Waals surface area (Å²) in [6.07, 6.45) is 1.28. The molecule has 1 aliphatic carbocycles. The average Bonchev–Trinajstić information content (AvgIpc) is 2.87. The third-order valence-electron chi connectivity index (χ3n) is 3.42. The molecule has 1 aromatic heterocycles. The second-order valence-electron chi connectivity index (χ2n) is 4.61. The van der Waals surface area contributed by atoms with Gasteiger partial charge in [0.2, 0.25) is 0 Å². The number of hydrogen-bond donors (Lipinski definition) is 0. The largest absolute Gasteiger partial charge is 0.299 e. The molecule has 1 aliphatic rings. The van der Waals surface area contributed by atoms with Gasteiger partial charge in [-0.05, 0) is 18.1 Å². The first-order valence-electron chi connectivity index (χ1n) is 6.04. The van der Waals surface area contributed by atoms with E-state index in [2.05, 4.69) is 8.75 Å². The molecule has 9 heteroatoms. The van der Waals surface area contributed by atoms with E-state index in [-0.39, 0.29) is 57.8 Å². The van der Waals surface area contributed by atoms with Crippen LogP contribution in [0.2, 0.25) is 0 Å². The number of hydrogen-bond acceptors (Lipinski definition) is 7. The number of carbonyl (C=O) groups is 2. The number of nitrogens with zero attached hydrogens (tertiary/aromatic N) is 3. The van der Waals surface area contributed by atoms with Crippen LogP contribution in [0.1, 0.15) is 30.7 Å². The first-order valence-corrected chi connectivity index (χ1v) is 6.77. The van der Waals surface area contributed by atoms with Gasteiger partial charge in [-0.25, -0.2) is 0 Å². The molecule has 103 valence electrons. The van der Waals surface area contributed by atoms with E-state index in [1.807, 2.05) is 0 Å². The number of benzene rings is 1. The van der Waals surface area contributed by atoms with Gasteiger partial charge < -0.3 is 0 Å². The van der Waals surface area contributed by atoms with Crippen LogP contribution in [0.3, 0.4) is 0 Å². The fourth-order valence-electron chi connectivity index (χ4n) is 2.50. The zero-order valence-corrected chi connectivity index (χ0v) is 14.1. The second-order valence-corrected chi connectivity index (χ2v) is 5.14. The molecule has 3 rings (SSSR count). The molecule has 0 unspecified atom stereocenters. The van der Waals surface area contributed by atoms with Gasteiger partial charge >= 0.3 is 0 Å². The summed E-state index contributed by atoms with van der Waals surface area (Å²) in [6.45, 7) is 0. The molecule has 0 saturated heterocycles. The standard InChI is InChI=1S/C12H9N3O4S.Na/c16-8-2-1-3-9(17)10(8)6-4-5-7(15(18)19)12-11(6)13-20-14-12;/h4-5,10H,1-3H2;. The normalized spacial score (nSPS) is 16.0. The molecule has 0 atom stereocenters. The molecular formula is C12H9N3NaO4S. The third-order valence-corrected chi connectivity index (χ3v) is 3.95. The van der Waals surface area contributed by atoms with E-state index in [1.165, 1.54) is 12.1 Å². The number of fused-ring (bicyclic) bond motifs is 1. The Bertz CT molecular complexity index is 729. The molecule has 7 nitrogen and oxygen atoms in total. The van der Waals surface area contributed by atoms with Crippen LogP contribution in [0.15, 0.2) is 12.1 Å². The maximum absolute atomic E-state index is 12.0. The Labute approximate surface area is 145 Å². The Hall–Kier alpha value is -1.22. The van der Waals surface area contributed by atoms with Crippen molar-refractivity contribution in [2.24, 2.45) is 0 Å². The van der Waals surface area contributed by atoms with Crippen LogP contribution in [0, 0.1) is 10.1 Å². The van der Waals surface area contributed by atoms with Gasteiger partial charge in [-0.2, -0.15) is 8.75 Å². The van der Waals surface area contributed by atoms with Gasteiger partial charge in [0, 0.05) is 48.5 Å². The number of non-ortho nitro benzene ring substituents is 1. The molecule has 0 bridgehead atoms. The summed E-state index contributed by atoms with van der Waals surface area (Å²) in [7, 11) is 0. The van der Waals surface area contributed by atoms with Crippen LogP contribution < -0.4 is 0 Å². The van der Waals surface area contributed by atoms with Crippen molar-refractivity contribution in [3.8, 4) is 0 Å². The van der Waals surface area contributed by atoms with Crippen molar-refractivity contribution in [1.29, 1.82) is 0 Å². The summed E-state index contributed by atoms with van der Waals surface area (Å²) in [4.78, 5) is 34.4. The van der Waals surface area contributed by atoms with E-state index in [1.54, 1.807) is 0 Å².